The molecular formula is C23H29N3O3. The van der Waals surface area contributed by atoms with E-state index in [1.165, 1.54) is 16.6 Å². The van der Waals surface area contributed by atoms with Crippen molar-refractivity contribution < 1.29 is 14.2 Å². The molecule has 2 aromatic heterocycles. The first-order chi connectivity index (χ1) is 14.3. The van der Waals surface area contributed by atoms with Gasteiger partial charge in [-0.15, -0.1) is 0 Å². The van der Waals surface area contributed by atoms with Gasteiger partial charge < -0.3 is 19.2 Å². The van der Waals surface area contributed by atoms with E-state index < -0.39 is 0 Å². The minimum absolute atomic E-state index is 0.506. The van der Waals surface area contributed by atoms with Gasteiger partial charge >= 0.3 is 0 Å². The topological polar surface area (TPSA) is 59.6 Å². The van der Waals surface area contributed by atoms with Gasteiger partial charge in [-0.2, -0.15) is 0 Å². The van der Waals surface area contributed by atoms with Gasteiger partial charge in [0.1, 0.15) is 12.3 Å². The highest BCUT2D eigenvalue weighted by Crippen LogP contribution is 2.33. The highest BCUT2D eigenvalue weighted by Gasteiger charge is 2.23. The van der Waals surface area contributed by atoms with Gasteiger partial charge in [0, 0.05) is 49.5 Å². The van der Waals surface area contributed by atoms with Crippen LogP contribution in [0.15, 0.2) is 42.6 Å². The summed E-state index contributed by atoms with van der Waals surface area (Å²) < 4.78 is 16.9. The lowest BCUT2D eigenvalue weighted by molar-refractivity contribution is 0.0843. The van der Waals surface area contributed by atoms with Crippen molar-refractivity contribution in [3.63, 3.8) is 0 Å². The molecule has 3 aromatic rings. The lowest BCUT2D eigenvalue weighted by atomic mass is 9.93. The second-order valence-corrected chi connectivity index (χ2v) is 7.54. The number of ether oxygens (including phenoxy) is 3. The lowest BCUT2D eigenvalue weighted by Gasteiger charge is -2.24. The Labute approximate surface area is 171 Å². The van der Waals surface area contributed by atoms with Crippen molar-refractivity contribution in [3.8, 4) is 11.5 Å². The van der Waals surface area contributed by atoms with Gasteiger partial charge in [0.05, 0.1) is 7.11 Å². The Morgan fingerprint density at radius 3 is 2.72 bits per heavy atom. The Hall–Kier alpha value is -2.57. The minimum atomic E-state index is 0.506. The number of aromatic nitrogens is 2. The molecule has 0 spiro atoms. The first-order valence-corrected chi connectivity index (χ1v) is 10.2. The molecule has 1 aliphatic heterocycles. The number of pyridine rings is 1. The summed E-state index contributed by atoms with van der Waals surface area (Å²) in [5.41, 5.74) is 3.64. The summed E-state index contributed by atoms with van der Waals surface area (Å²) >= 11 is 0. The summed E-state index contributed by atoms with van der Waals surface area (Å²) in [6.07, 6.45) is 3.96. The summed E-state index contributed by atoms with van der Waals surface area (Å²) in [5, 5.41) is 1.21. The van der Waals surface area contributed by atoms with Crippen molar-refractivity contribution in [3.05, 3.63) is 53.9 Å². The number of H-pyrrole nitrogens is 1. The fourth-order valence-electron chi connectivity index (χ4n) is 4.00. The molecule has 0 bridgehead atoms. The molecule has 6 heteroatoms. The molecule has 0 aliphatic carbocycles. The minimum Gasteiger partial charge on any atom is -0.493 e. The summed E-state index contributed by atoms with van der Waals surface area (Å²) in [7, 11) is 3.80. The van der Waals surface area contributed by atoms with E-state index in [0.29, 0.717) is 12.5 Å². The van der Waals surface area contributed by atoms with E-state index in [1.54, 1.807) is 7.11 Å². The Kier molecular flexibility index (Phi) is 6.32. The maximum Gasteiger partial charge on any atom is 0.161 e. The van der Waals surface area contributed by atoms with Gasteiger partial charge in [0.2, 0.25) is 0 Å². The fraction of sp³-hybridized carbons (Fsp3) is 0.435. The maximum atomic E-state index is 5.95. The number of para-hydroxylation sites is 2. The quantitative estimate of drug-likeness (QED) is 0.625. The zero-order chi connectivity index (χ0) is 20.1. The normalized spacial score (nSPS) is 15.1. The largest absolute Gasteiger partial charge is 0.493 e. The highest BCUT2D eigenvalue weighted by molar-refractivity contribution is 5.81. The maximum absolute atomic E-state index is 5.95. The Morgan fingerprint density at radius 2 is 1.93 bits per heavy atom. The molecule has 1 aliphatic rings. The second-order valence-electron chi connectivity index (χ2n) is 7.54. The van der Waals surface area contributed by atoms with Crippen molar-refractivity contribution in [1.82, 2.24) is 14.9 Å². The summed E-state index contributed by atoms with van der Waals surface area (Å²) in [6, 6.07) is 11.9. The molecule has 1 N–H and O–H groups in total. The second kappa shape index (κ2) is 9.29. The number of aromatic amines is 1. The molecule has 0 unspecified atom stereocenters. The van der Waals surface area contributed by atoms with Crippen molar-refractivity contribution in [1.29, 1.82) is 0 Å². The molecule has 0 amide bonds. The fourth-order valence-corrected chi connectivity index (χ4v) is 4.00. The van der Waals surface area contributed by atoms with Gasteiger partial charge in [-0.05, 0) is 49.7 Å². The molecule has 154 valence electrons. The summed E-state index contributed by atoms with van der Waals surface area (Å²) in [5.74, 6) is 2.05. The SMILES string of the molecule is COc1ccccc1OCCN(C)Cc1c(C2CCOCC2)[nH]c2ncccc12. The van der Waals surface area contributed by atoms with Crippen LogP contribution in [0.2, 0.25) is 0 Å². The monoisotopic (exact) mass is 395 g/mol. The first kappa shape index (κ1) is 19.7. The zero-order valence-corrected chi connectivity index (χ0v) is 17.2. The average Bonchev–Trinajstić information content (AvgIpc) is 3.13. The Morgan fingerprint density at radius 1 is 1.14 bits per heavy atom. The average molecular weight is 396 g/mol. The smallest absolute Gasteiger partial charge is 0.161 e. The van der Waals surface area contributed by atoms with Crippen LogP contribution in [0.1, 0.15) is 30.0 Å². The van der Waals surface area contributed by atoms with E-state index in [-0.39, 0.29) is 0 Å². The Balaban J connectivity index is 1.45. The number of methoxy groups -OCH3 is 1. The molecule has 0 radical (unpaired) electrons. The number of hydrogen-bond donors (Lipinski definition) is 1. The van der Waals surface area contributed by atoms with E-state index in [2.05, 4.69) is 28.0 Å². The molecule has 29 heavy (non-hydrogen) atoms. The third-order valence-electron chi connectivity index (χ3n) is 5.57. The van der Waals surface area contributed by atoms with Gasteiger partial charge in [0.25, 0.3) is 0 Å². The number of likely N-dealkylation sites (N-methyl/N-ethyl adjacent to an activating group) is 1. The number of nitrogens with one attached hydrogen (secondary N) is 1. The van der Waals surface area contributed by atoms with Crippen LogP contribution in [-0.2, 0) is 11.3 Å². The van der Waals surface area contributed by atoms with Gasteiger partial charge in [-0.1, -0.05) is 12.1 Å². The molecule has 0 atom stereocenters. The number of fused-ring (bicyclic) bond motifs is 1. The van der Waals surface area contributed by atoms with Crippen LogP contribution in [0, 0.1) is 0 Å². The summed E-state index contributed by atoms with van der Waals surface area (Å²) in [6.45, 7) is 3.93. The van der Waals surface area contributed by atoms with Crippen molar-refractivity contribution in [2.45, 2.75) is 25.3 Å². The van der Waals surface area contributed by atoms with Crippen LogP contribution in [0.25, 0.3) is 11.0 Å². The molecule has 1 aromatic carbocycles. The van der Waals surface area contributed by atoms with Crippen LogP contribution in [-0.4, -0.2) is 55.4 Å². The standard InChI is InChI=1S/C23H29N3O3/c1-26(12-15-29-21-8-4-3-7-20(21)27-2)16-19-18-6-5-11-24-23(18)25-22(19)17-9-13-28-14-10-17/h3-8,11,17H,9-10,12-16H2,1-2H3,(H,24,25). The lowest BCUT2D eigenvalue weighted by Crippen LogP contribution is -2.25. The molecule has 3 heterocycles. The predicted molar refractivity (Wildman–Crippen MR) is 114 cm³/mol. The van der Waals surface area contributed by atoms with E-state index in [1.807, 2.05) is 36.5 Å². The Bertz CT molecular complexity index is 934. The number of benzene rings is 1. The third-order valence-corrected chi connectivity index (χ3v) is 5.57. The summed E-state index contributed by atoms with van der Waals surface area (Å²) in [4.78, 5) is 10.4. The van der Waals surface area contributed by atoms with Gasteiger partial charge in [-0.25, -0.2) is 4.98 Å². The van der Waals surface area contributed by atoms with Crippen LogP contribution < -0.4 is 9.47 Å². The van der Waals surface area contributed by atoms with Crippen LogP contribution in [0.5, 0.6) is 11.5 Å². The van der Waals surface area contributed by atoms with Crippen molar-refractivity contribution in [2.24, 2.45) is 0 Å². The predicted octanol–water partition coefficient (Wildman–Crippen LogP) is 3.98. The van der Waals surface area contributed by atoms with E-state index in [9.17, 15) is 0 Å². The van der Waals surface area contributed by atoms with E-state index in [4.69, 9.17) is 14.2 Å². The van der Waals surface area contributed by atoms with E-state index >= 15 is 0 Å². The first-order valence-electron chi connectivity index (χ1n) is 10.2. The number of nitrogens with zero attached hydrogens (tertiary/aromatic N) is 2. The van der Waals surface area contributed by atoms with Crippen molar-refractivity contribution in [2.75, 3.05) is 40.5 Å². The van der Waals surface area contributed by atoms with Crippen LogP contribution in [0.3, 0.4) is 0 Å². The third kappa shape index (κ3) is 4.54. The zero-order valence-electron chi connectivity index (χ0n) is 17.2. The number of hydrogen-bond acceptors (Lipinski definition) is 5. The van der Waals surface area contributed by atoms with Gasteiger partial charge in [-0.3, -0.25) is 4.90 Å². The van der Waals surface area contributed by atoms with Crippen LogP contribution >= 0.6 is 0 Å². The van der Waals surface area contributed by atoms with Crippen molar-refractivity contribution >= 4 is 11.0 Å². The van der Waals surface area contributed by atoms with Crippen LogP contribution in [0.4, 0.5) is 0 Å². The van der Waals surface area contributed by atoms with E-state index in [0.717, 1.165) is 56.3 Å². The van der Waals surface area contributed by atoms with Gasteiger partial charge in [0.15, 0.2) is 11.5 Å². The molecule has 1 fully saturated rings. The highest BCUT2D eigenvalue weighted by atomic mass is 16.5. The molecule has 0 saturated carbocycles. The number of rotatable bonds is 8. The molecular weight excluding hydrogens is 366 g/mol. The molecule has 1 saturated heterocycles. The molecule has 4 rings (SSSR count). The molecule has 6 nitrogen and oxygen atoms in total.